The third-order valence-electron chi connectivity index (χ3n) is 4.77. The lowest BCUT2D eigenvalue weighted by atomic mass is 9.94. The molecule has 150 valence electrons. The van der Waals surface area contributed by atoms with Crippen LogP contribution in [0.5, 0.6) is 5.75 Å². The maximum Gasteiger partial charge on any atom is 0.325 e. The van der Waals surface area contributed by atoms with Gasteiger partial charge in [-0.1, -0.05) is 39.0 Å². The molecule has 1 aliphatic heterocycles. The number of hydrogen-bond donors (Lipinski definition) is 2. The first-order valence-electron chi connectivity index (χ1n) is 9.56. The molecule has 2 unspecified atom stereocenters. The molecule has 1 aromatic rings. The normalized spacial score (nSPS) is 20.7. The molecule has 2 rings (SSSR count). The van der Waals surface area contributed by atoms with Crippen molar-refractivity contribution in [3.63, 3.8) is 0 Å². The minimum absolute atomic E-state index is 0.101. The number of nitrogens with zero attached hydrogens (tertiary/aromatic N) is 1. The van der Waals surface area contributed by atoms with Crippen molar-refractivity contribution in [2.24, 2.45) is 0 Å². The molecule has 0 aliphatic carbocycles. The van der Waals surface area contributed by atoms with Gasteiger partial charge < -0.3 is 15.2 Å². The molecule has 0 spiro atoms. The zero-order chi connectivity index (χ0) is 19.9. The standard InChI is InChI=1S/C20H29FN2O4/c1-3-4-5-6-7-12-20(2)18(25)23(19(26)22-20)13-16(24)14-27-17-10-8-15(21)9-11-17/h8-11,16,24H,3-7,12-14H2,1-2H3,(H,22,26). The Kier molecular flexibility index (Phi) is 7.59. The molecule has 1 saturated heterocycles. The Labute approximate surface area is 159 Å². The summed E-state index contributed by atoms with van der Waals surface area (Å²) < 4.78 is 18.2. The van der Waals surface area contributed by atoms with Crippen LogP contribution in [-0.4, -0.2) is 46.7 Å². The van der Waals surface area contributed by atoms with Gasteiger partial charge in [-0.3, -0.25) is 9.69 Å². The molecule has 1 heterocycles. The molecule has 2 atom stereocenters. The van der Waals surface area contributed by atoms with Crippen molar-refractivity contribution in [2.45, 2.75) is 64.0 Å². The summed E-state index contributed by atoms with van der Waals surface area (Å²) in [5.74, 6) is -0.287. The number of hydrogen-bond acceptors (Lipinski definition) is 4. The Morgan fingerprint density at radius 3 is 2.52 bits per heavy atom. The number of unbranched alkanes of at least 4 members (excludes halogenated alkanes) is 4. The second-order valence-electron chi connectivity index (χ2n) is 7.26. The maximum absolute atomic E-state index is 12.9. The number of urea groups is 1. The van der Waals surface area contributed by atoms with Crippen LogP contribution >= 0.6 is 0 Å². The molecule has 0 saturated carbocycles. The number of aliphatic hydroxyl groups excluding tert-OH is 1. The Balaban J connectivity index is 1.81. The highest BCUT2D eigenvalue weighted by Gasteiger charge is 2.47. The Bertz CT molecular complexity index is 637. The van der Waals surface area contributed by atoms with Crippen molar-refractivity contribution in [3.8, 4) is 5.75 Å². The van der Waals surface area contributed by atoms with Crippen LogP contribution in [0.25, 0.3) is 0 Å². The van der Waals surface area contributed by atoms with E-state index in [0.29, 0.717) is 12.2 Å². The molecule has 27 heavy (non-hydrogen) atoms. The third kappa shape index (κ3) is 5.92. The molecule has 2 N–H and O–H groups in total. The number of carbonyl (C=O) groups is 2. The number of nitrogens with one attached hydrogen (secondary N) is 1. The van der Waals surface area contributed by atoms with Gasteiger partial charge in [0.05, 0.1) is 6.54 Å². The van der Waals surface area contributed by atoms with Crippen molar-refractivity contribution >= 4 is 11.9 Å². The Morgan fingerprint density at radius 2 is 1.85 bits per heavy atom. The zero-order valence-electron chi connectivity index (χ0n) is 16.0. The van der Waals surface area contributed by atoms with Crippen LogP contribution in [0, 0.1) is 5.82 Å². The van der Waals surface area contributed by atoms with E-state index in [1.165, 1.54) is 30.7 Å². The van der Waals surface area contributed by atoms with Crippen molar-refractivity contribution in [1.29, 1.82) is 0 Å². The van der Waals surface area contributed by atoms with Gasteiger partial charge in [0.25, 0.3) is 5.91 Å². The molecule has 1 fully saturated rings. The second-order valence-corrected chi connectivity index (χ2v) is 7.26. The predicted molar refractivity (Wildman–Crippen MR) is 99.9 cm³/mol. The molecule has 7 heteroatoms. The number of aliphatic hydroxyl groups is 1. The van der Waals surface area contributed by atoms with Crippen molar-refractivity contribution in [1.82, 2.24) is 10.2 Å². The third-order valence-corrected chi connectivity index (χ3v) is 4.77. The summed E-state index contributed by atoms with van der Waals surface area (Å²) in [4.78, 5) is 25.9. The molecular weight excluding hydrogens is 351 g/mol. The molecule has 1 aliphatic rings. The first kappa shape index (κ1) is 21.2. The number of ether oxygens (including phenoxy) is 1. The highest BCUT2D eigenvalue weighted by atomic mass is 19.1. The van der Waals surface area contributed by atoms with Crippen molar-refractivity contribution in [3.05, 3.63) is 30.1 Å². The minimum atomic E-state index is -1.03. The fraction of sp³-hybridized carbons (Fsp3) is 0.600. The number of benzene rings is 1. The van der Waals surface area contributed by atoms with E-state index < -0.39 is 17.7 Å². The predicted octanol–water partition coefficient (Wildman–Crippen LogP) is 3.24. The van der Waals surface area contributed by atoms with Crippen molar-refractivity contribution in [2.75, 3.05) is 13.2 Å². The van der Waals surface area contributed by atoms with Gasteiger partial charge in [0, 0.05) is 0 Å². The number of halogens is 1. The van der Waals surface area contributed by atoms with Gasteiger partial charge in [-0.25, -0.2) is 9.18 Å². The van der Waals surface area contributed by atoms with Crippen LogP contribution in [0.4, 0.5) is 9.18 Å². The highest BCUT2D eigenvalue weighted by molar-refractivity contribution is 6.06. The molecule has 1 aromatic carbocycles. The summed E-state index contributed by atoms with van der Waals surface area (Å²) >= 11 is 0. The van der Waals surface area contributed by atoms with Gasteiger partial charge >= 0.3 is 6.03 Å². The van der Waals surface area contributed by atoms with Gasteiger partial charge in [0.1, 0.15) is 29.8 Å². The van der Waals surface area contributed by atoms with Crippen LogP contribution < -0.4 is 10.1 Å². The van der Waals surface area contributed by atoms with Crippen LogP contribution in [0.2, 0.25) is 0 Å². The first-order valence-corrected chi connectivity index (χ1v) is 9.56. The molecule has 6 nitrogen and oxygen atoms in total. The maximum atomic E-state index is 12.9. The number of amides is 3. The quantitative estimate of drug-likeness (QED) is 0.456. The van der Waals surface area contributed by atoms with Gasteiger partial charge in [-0.05, 0) is 37.6 Å². The number of carbonyl (C=O) groups excluding carboxylic acids is 2. The molecule has 0 bridgehead atoms. The zero-order valence-corrected chi connectivity index (χ0v) is 16.0. The van der Waals surface area contributed by atoms with Crippen molar-refractivity contribution < 1.29 is 23.8 Å². The highest BCUT2D eigenvalue weighted by Crippen LogP contribution is 2.24. The topological polar surface area (TPSA) is 78.9 Å². The van der Waals surface area contributed by atoms with Gasteiger partial charge in [0.15, 0.2) is 0 Å². The van der Waals surface area contributed by atoms with Gasteiger partial charge in [-0.15, -0.1) is 0 Å². The average molecular weight is 380 g/mol. The van der Waals surface area contributed by atoms with E-state index >= 15 is 0 Å². The summed E-state index contributed by atoms with van der Waals surface area (Å²) in [5.41, 5.74) is -0.916. The summed E-state index contributed by atoms with van der Waals surface area (Å²) in [6.07, 6.45) is 4.89. The van der Waals surface area contributed by atoms with E-state index in [-0.39, 0.29) is 24.9 Å². The molecule has 0 radical (unpaired) electrons. The number of imide groups is 1. The molecule has 0 aromatic heterocycles. The van der Waals surface area contributed by atoms with Crippen LogP contribution in [-0.2, 0) is 4.79 Å². The monoisotopic (exact) mass is 380 g/mol. The lowest BCUT2D eigenvalue weighted by molar-refractivity contribution is -0.132. The van der Waals surface area contributed by atoms with E-state index in [0.717, 1.165) is 30.6 Å². The SMILES string of the molecule is CCCCCCCC1(C)NC(=O)N(CC(O)COc2ccc(F)cc2)C1=O. The summed E-state index contributed by atoms with van der Waals surface area (Å²) in [6.45, 7) is 3.63. The van der Waals surface area contributed by atoms with Gasteiger partial charge in [0.2, 0.25) is 0 Å². The fourth-order valence-electron chi connectivity index (χ4n) is 3.15. The first-order chi connectivity index (χ1) is 12.9. The fourth-order valence-corrected chi connectivity index (χ4v) is 3.15. The summed E-state index contributed by atoms with van der Waals surface area (Å²) in [7, 11) is 0. The minimum Gasteiger partial charge on any atom is -0.491 e. The van der Waals surface area contributed by atoms with E-state index in [1.54, 1.807) is 6.92 Å². The Morgan fingerprint density at radius 1 is 1.19 bits per heavy atom. The average Bonchev–Trinajstić information content (AvgIpc) is 2.84. The smallest absolute Gasteiger partial charge is 0.325 e. The summed E-state index contributed by atoms with van der Waals surface area (Å²) in [6, 6.07) is 4.92. The summed E-state index contributed by atoms with van der Waals surface area (Å²) in [5, 5.41) is 12.9. The number of rotatable bonds is 11. The van der Waals surface area contributed by atoms with E-state index in [2.05, 4.69) is 12.2 Å². The lowest BCUT2D eigenvalue weighted by Crippen LogP contribution is -2.45. The second kappa shape index (κ2) is 9.69. The van der Waals surface area contributed by atoms with Crippen LogP contribution in [0.15, 0.2) is 24.3 Å². The number of β-amino-alcohol motifs (C(OH)–C–C–N with tert-alkyl or cyclic N) is 1. The van der Waals surface area contributed by atoms with E-state index in [1.807, 2.05) is 0 Å². The van der Waals surface area contributed by atoms with E-state index in [4.69, 9.17) is 4.74 Å². The van der Waals surface area contributed by atoms with Crippen LogP contribution in [0.1, 0.15) is 52.4 Å². The molecule has 3 amide bonds. The molecular formula is C20H29FN2O4. The largest absolute Gasteiger partial charge is 0.491 e. The van der Waals surface area contributed by atoms with E-state index in [9.17, 15) is 19.1 Å². The van der Waals surface area contributed by atoms with Crippen LogP contribution in [0.3, 0.4) is 0 Å². The van der Waals surface area contributed by atoms with Gasteiger partial charge in [-0.2, -0.15) is 0 Å². The lowest BCUT2D eigenvalue weighted by Gasteiger charge is -2.22. The Hall–Kier alpha value is -2.15.